The third-order valence-electron chi connectivity index (χ3n) is 19.2. The Hall–Kier alpha value is -9.09. The summed E-state index contributed by atoms with van der Waals surface area (Å²) in [7, 11) is 13.2. The second-order valence-electron chi connectivity index (χ2n) is 29.1. The van der Waals surface area contributed by atoms with Gasteiger partial charge in [-0.1, -0.05) is 133 Å². The lowest BCUT2D eigenvalue weighted by molar-refractivity contribution is -0.141. The molecule has 24 heteroatoms. The third-order valence-corrected chi connectivity index (χ3v) is 19.2. The zero-order valence-electron chi connectivity index (χ0n) is 66.6. The van der Waals surface area contributed by atoms with Crippen molar-refractivity contribution >= 4 is 35.5 Å². The maximum atomic E-state index is 13.4. The standard InChI is InChI=1S/C28H44N4O4.C27H42N4O4.C26H37N3O5/c1-10-14-31(7)26(33)16-21(15-18(2)3)29-28(34)22-17-23(32(30-22)20(6)19(4)5)27-24(35-8)12-11-13-25(27)36-9;1-9-13-30(6)25(32)15-20(14-18(2)3)28-27(33)21-16-22(31(29-21)17-19(4)5)26-23(34-7)11-10-12-24(26)35-8;1-5-17(6-2)16-29-20(23-21(33-3)13-10-14-22(23)34-4)15-19(28-29)25(30)27-24(26(31)32)18-11-8-7-9-12-18/h11-13,17-21H,10,14-16H2,1-9H3,(H,29,34);10-12,16,18-20H,9,13-15,17H2,1-8H3,(H,28,33);10,13-15,17-18,24H,5-9,11-12,16H2,1-4H3,(H,27,30)(H,31,32)/t20?,21-;20-;24-/m000/s1. The normalized spacial score (nSPS) is 13.4. The highest BCUT2D eigenvalue weighted by Crippen LogP contribution is 2.43. The SMILES string of the molecule is CCC(CC)Cn1nc(C(=O)N[C@H](C(=O)O)C2CCCCC2)cc1-c1c(OC)cccc1OC.CCCN(C)C(=O)C[C@H](CC(C)C)NC(=O)c1cc(-c2c(OC)cccc2OC)n(C(C)C(C)C)n1.CCCN(C)C(=O)C[C@H](CC(C)C)NC(=O)c1cc(-c2c(OC)cccc2OC)n(CC(C)C)n1. The van der Waals surface area contributed by atoms with E-state index in [2.05, 4.69) is 102 Å². The highest BCUT2D eigenvalue weighted by Gasteiger charge is 2.34. The molecule has 1 aliphatic carbocycles. The first kappa shape index (κ1) is 86.6. The van der Waals surface area contributed by atoms with Crippen LogP contribution in [0, 0.1) is 35.5 Å². The Morgan fingerprint density at radius 1 is 0.495 bits per heavy atom. The maximum absolute atomic E-state index is 13.4. The second kappa shape index (κ2) is 42.8. The molecule has 1 saturated carbocycles. The topological polar surface area (TPSA) is 274 Å². The number of carbonyl (C=O) groups is 6. The summed E-state index contributed by atoms with van der Waals surface area (Å²) in [6.45, 7) is 29.9. The molecule has 6 aromatic rings. The first-order chi connectivity index (χ1) is 50.1. The predicted octanol–water partition coefficient (Wildman–Crippen LogP) is 14.6. The van der Waals surface area contributed by atoms with Gasteiger partial charge in [-0.15, -0.1) is 0 Å². The van der Waals surface area contributed by atoms with Crippen LogP contribution in [-0.4, -0.2) is 168 Å². The highest BCUT2D eigenvalue weighted by molar-refractivity contribution is 5.97. The molecule has 3 aromatic heterocycles. The van der Waals surface area contributed by atoms with E-state index in [4.69, 9.17) is 33.5 Å². The van der Waals surface area contributed by atoms with Crippen molar-refractivity contribution in [1.29, 1.82) is 0 Å². The van der Waals surface area contributed by atoms with Crippen molar-refractivity contribution in [3.05, 3.63) is 89.9 Å². The van der Waals surface area contributed by atoms with Gasteiger partial charge in [0.1, 0.15) is 40.5 Å². The van der Waals surface area contributed by atoms with Crippen LogP contribution < -0.4 is 44.4 Å². The van der Waals surface area contributed by atoms with E-state index in [9.17, 15) is 33.9 Å². The van der Waals surface area contributed by atoms with Gasteiger partial charge in [-0.3, -0.25) is 38.0 Å². The van der Waals surface area contributed by atoms with E-state index in [-0.39, 0.29) is 72.1 Å². The summed E-state index contributed by atoms with van der Waals surface area (Å²) in [5.74, 6) is 3.35. The van der Waals surface area contributed by atoms with Gasteiger partial charge >= 0.3 is 5.97 Å². The Labute approximate surface area is 624 Å². The molecular weight excluding hydrogens is 1330 g/mol. The summed E-state index contributed by atoms with van der Waals surface area (Å²) in [6.07, 6.45) is 10.4. The summed E-state index contributed by atoms with van der Waals surface area (Å²) in [4.78, 5) is 80.8. The minimum Gasteiger partial charge on any atom is -0.496 e. The van der Waals surface area contributed by atoms with E-state index in [0.717, 1.165) is 80.3 Å². The molecule has 3 heterocycles. The van der Waals surface area contributed by atoms with E-state index < -0.39 is 17.9 Å². The van der Waals surface area contributed by atoms with E-state index in [1.165, 1.54) is 0 Å². The summed E-state index contributed by atoms with van der Waals surface area (Å²) in [6, 6.07) is 20.5. The number of nitrogens with one attached hydrogen (secondary N) is 3. The zero-order valence-corrected chi connectivity index (χ0v) is 66.6. The Bertz CT molecular complexity index is 3670. The fraction of sp³-hybridized carbons (Fsp3) is 0.593. The van der Waals surface area contributed by atoms with E-state index in [1.54, 1.807) is 77.7 Å². The van der Waals surface area contributed by atoms with Crippen LogP contribution in [0.15, 0.2) is 72.8 Å². The monoisotopic (exact) mass is 1460 g/mol. The number of hydrogen-bond donors (Lipinski definition) is 4. The molecule has 0 saturated heterocycles. The quantitative estimate of drug-likeness (QED) is 0.0282. The lowest BCUT2D eigenvalue weighted by Crippen LogP contribution is -2.46. The summed E-state index contributed by atoms with van der Waals surface area (Å²) < 4.78 is 39.2. The van der Waals surface area contributed by atoms with Crippen molar-refractivity contribution in [2.24, 2.45) is 35.5 Å². The van der Waals surface area contributed by atoms with Gasteiger partial charge < -0.3 is 59.3 Å². The molecular formula is C81H123N11O13. The number of nitrogens with zero attached hydrogens (tertiary/aromatic N) is 8. The fourth-order valence-corrected chi connectivity index (χ4v) is 13.2. The van der Waals surface area contributed by atoms with Gasteiger partial charge in [-0.05, 0) is 136 Å². The van der Waals surface area contributed by atoms with Crippen molar-refractivity contribution in [3.63, 3.8) is 0 Å². The van der Waals surface area contributed by atoms with Crippen LogP contribution in [0.3, 0.4) is 0 Å². The lowest BCUT2D eigenvalue weighted by Gasteiger charge is -2.27. The number of carboxylic acids is 1. The van der Waals surface area contributed by atoms with Crippen molar-refractivity contribution < 1.29 is 62.3 Å². The summed E-state index contributed by atoms with van der Waals surface area (Å²) in [5.41, 5.74) is 5.20. The minimum atomic E-state index is -0.997. The lowest BCUT2D eigenvalue weighted by atomic mass is 9.84. The number of ether oxygens (including phenoxy) is 6. The van der Waals surface area contributed by atoms with Crippen LogP contribution in [0.5, 0.6) is 34.5 Å². The molecule has 0 spiro atoms. The molecule has 4 N–H and O–H groups in total. The molecule has 0 bridgehead atoms. The number of rotatable bonds is 37. The number of methoxy groups -OCH3 is 6. The van der Waals surface area contributed by atoms with Crippen molar-refractivity contribution in [3.8, 4) is 68.3 Å². The van der Waals surface area contributed by atoms with Crippen molar-refractivity contribution in [2.45, 2.75) is 211 Å². The number of aromatic nitrogens is 6. The van der Waals surface area contributed by atoms with Crippen LogP contribution in [0.1, 0.15) is 211 Å². The Morgan fingerprint density at radius 2 is 0.848 bits per heavy atom. The molecule has 3 aromatic carbocycles. The van der Waals surface area contributed by atoms with Crippen LogP contribution in [-0.2, 0) is 27.5 Å². The molecule has 1 unspecified atom stereocenters. The van der Waals surface area contributed by atoms with Gasteiger partial charge in [0.15, 0.2) is 17.1 Å². The molecule has 0 aliphatic heterocycles. The molecule has 5 amide bonds. The number of amides is 5. The summed E-state index contributed by atoms with van der Waals surface area (Å²) >= 11 is 0. The first-order valence-corrected chi connectivity index (χ1v) is 37.6. The van der Waals surface area contributed by atoms with E-state index in [0.29, 0.717) is 120 Å². The van der Waals surface area contributed by atoms with Gasteiger partial charge in [-0.25, -0.2) is 4.79 Å². The Kier molecular flexibility index (Phi) is 35.2. The Balaban J connectivity index is 0.000000283. The maximum Gasteiger partial charge on any atom is 0.326 e. The average molecular weight is 1460 g/mol. The Morgan fingerprint density at radius 3 is 1.18 bits per heavy atom. The number of carboxylic acid groups (broad SMARTS) is 1. The van der Waals surface area contributed by atoms with Crippen LogP contribution in [0.25, 0.3) is 33.8 Å². The molecule has 24 nitrogen and oxygen atoms in total. The minimum absolute atomic E-state index is 0.0203. The van der Waals surface area contributed by atoms with Gasteiger partial charge in [0.25, 0.3) is 17.7 Å². The van der Waals surface area contributed by atoms with Crippen LogP contribution >= 0.6 is 0 Å². The van der Waals surface area contributed by atoms with E-state index in [1.807, 2.05) is 89.5 Å². The third kappa shape index (κ3) is 24.5. The molecule has 0 radical (unpaired) electrons. The average Bonchev–Trinajstić information content (AvgIpc) is 1.68. The highest BCUT2D eigenvalue weighted by atomic mass is 16.5. The molecule has 4 atom stereocenters. The predicted molar refractivity (Wildman–Crippen MR) is 413 cm³/mol. The number of benzene rings is 3. The molecule has 1 fully saturated rings. The van der Waals surface area contributed by atoms with Gasteiger partial charge in [0, 0.05) is 65.2 Å². The number of carbonyl (C=O) groups excluding carboxylic acids is 5. The van der Waals surface area contributed by atoms with Gasteiger partial charge in [-0.2, -0.15) is 15.3 Å². The smallest absolute Gasteiger partial charge is 0.326 e. The van der Waals surface area contributed by atoms with Gasteiger partial charge in [0.05, 0.1) is 82.5 Å². The second-order valence-corrected chi connectivity index (χ2v) is 29.1. The van der Waals surface area contributed by atoms with E-state index >= 15 is 0 Å². The summed E-state index contributed by atoms with van der Waals surface area (Å²) in [5, 5.41) is 32.7. The fourth-order valence-electron chi connectivity index (χ4n) is 13.2. The molecule has 1 aliphatic rings. The zero-order chi connectivity index (χ0) is 77.8. The molecule has 7 rings (SSSR count). The molecule has 105 heavy (non-hydrogen) atoms. The van der Waals surface area contributed by atoms with Crippen LogP contribution in [0.2, 0.25) is 0 Å². The number of aliphatic carboxylic acids is 1. The van der Waals surface area contributed by atoms with Crippen molar-refractivity contribution in [2.75, 3.05) is 69.8 Å². The largest absolute Gasteiger partial charge is 0.496 e. The first-order valence-electron chi connectivity index (χ1n) is 37.6. The molecule has 580 valence electrons. The van der Waals surface area contributed by atoms with Crippen LogP contribution in [0.4, 0.5) is 0 Å². The van der Waals surface area contributed by atoms with Crippen molar-refractivity contribution in [1.82, 2.24) is 55.1 Å². The van der Waals surface area contributed by atoms with Gasteiger partial charge in [0.2, 0.25) is 11.8 Å². The number of hydrogen-bond acceptors (Lipinski definition) is 15.